The van der Waals surface area contributed by atoms with Crippen LogP contribution < -0.4 is 11.1 Å². The molecule has 0 saturated carbocycles. The van der Waals surface area contributed by atoms with Crippen molar-refractivity contribution in [2.75, 3.05) is 12.3 Å². The monoisotopic (exact) mass is 167 g/mol. The van der Waals surface area contributed by atoms with E-state index in [2.05, 4.69) is 10.5 Å². The zero-order valence-electron chi connectivity index (χ0n) is 6.92. The third-order valence-electron chi connectivity index (χ3n) is 2.25. The summed E-state index contributed by atoms with van der Waals surface area (Å²) in [7, 11) is 0. The number of piperidine rings is 1. The molecule has 4 nitrogen and oxygen atoms in total. The van der Waals surface area contributed by atoms with E-state index in [4.69, 9.17) is 10.3 Å². The van der Waals surface area contributed by atoms with E-state index in [0.29, 0.717) is 5.69 Å². The highest BCUT2D eigenvalue weighted by atomic mass is 16.5. The SMILES string of the molecule is Nc1cnoc1C1CCCCN1. The van der Waals surface area contributed by atoms with Gasteiger partial charge in [0.2, 0.25) is 0 Å². The quantitative estimate of drug-likeness (QED) is 0.656. The molecule has 2 heterocycles. The van der Waals surface area contributed by atoms with Gasteiger partial charge in [0.25, 0.3) is 0 Å². The van der Waals surface area contributed by atoms with Gasteiger partial charge in [-0.15, -0.1) is 0 Å². The molecule has 1 saturated heterocycles. The fraction of sp³-hybridized carbons (Fsp3) is 0.625. The Bertz CT molecular complexity index is 253. The van der Waals surface area contributed by atoms with Crippen molar-refractivity contribution in [2.24, 2.45) is 0 Å². The first-order chi connectivity index (χ1) is 5.88. The van der Waals surface area contributed by atoms with E-state index in [-0.39, 0.29) is 6.04 Å². The van der Waals surface area contributed by atoms with E-state index in [1.165, 1.54) is 12.8 Å². The van der Waals surface area contributed by atoms with Crippen molar-refractivity contribution in [3.63, 3.8) is 0 Å². The number of hydrogen-bond donors (Lipinski definition) is 2. The van der Waals surface area contributed by atoms with E-state index < -0.39 is 0 Å². The zero-order chi connectivity index (χ0) is 8.39. The molecule has 0 aromatic carbocycles. The summed E-state index contributed by atoms with van der Waals surface area (Å²) in [6, 6.07) is 0.279. The highest BCUT2D eigenvalue weighted by Gasteiger charge is 2.20. The summed E-state index contributed by atoms with van der Waals surface area (Å²) in [5.74, 6) is 0.801. The minimum absolute atomic E-state index is 0.279. The van der Waals surface area contributed by atoms with Crippen LogP contribution in [0.5, 0.6) is 0 Å². The van der Waals surface area contributed by atoms with Crippen LogP contribution in [0.3, 0.4) is 0 Å². The number of rotatable bonds is 1. The van der Waals surface area contributed by atoms with Gasteiger partial charge in [-0.1, -0.05) is 11.6 Å². The van der Waals surface area contributed by atoms with E-state index in [1.54, 1.807) is 6.20 Å². The summed E-state index contributed by atoms with van der Waals surface area (Å²) in [4.78, 5) is 0. The van der Waals surface area contributed by atoms with Gasteiger partial charge in [-0.05, 0) is 19.4 Å². The summed E-state index contributed by atoms with van der Waals surface area (Å²) in [6.07, 6.45) is 5.13. The second-order valence-corrected chi connectivity index (χ2v) is 3.15. The Morgan fingerprint density at radius 2 is 2.50 bits per heavy atom. The molecule has 1 aromatic heterocycles. The van der Waals surface area contributed by atoms with Crippen molar-refractivity contribution < 1.29 is 4.52 Å². The largest absolute Gasteiger partial charge is 0.394 e. The van der Waals surface area contributed by atoms with Crippen LogP contribution in [-0.4, -0.2) is 11.7 Å². The molecule has 1 unspecified atom stereocenters. The average Bonchev–Trinajstić information content (AvgIpc) is 2.53. The van der Waals surface area contributed by atoms with Crippen LogP contribution >= 0.6 is 0 Å². The van der Waals surface area contributed by atoms with Gasteiger partial charge in [-0.3, -0.25) is 0 Å². The molecule has 1 aromatic rings. The number of nitrogens with one attached hydrogen (secondary N) is 1. The number of nitrogens with two attached hydrogens (primary N) is 1. The van der Waals surface area contributed by atoms with Crippen molar-refractivity contribution in [3.05, 3.63) is 12.0 Å². The summed E-state index contributed by atoms with van der Waals surface area (Å²) >= 11 is 0. The molecule has 0 aliphatic carbocycles. The van der Waals surface area contributed by atoms with E-state index in [1.807, 2.05) is 0 Å². The maximum absolute atomic E-state index is 5.68. The van der Waals surface area contributed by atoms with Crippen LogP contribution in [0.1, 0.15) is 31.1 Å². The number of aromatic nitrogens is 1. The first-order valence-corrected chi connectivity index (χ1v) is 4.31. The number of nitrogens with zero attached hydrogens (tertiary/aromatic N) is 1. The summed E-state index contributed by atoms with van der Waals surface area (Å²) in [6.45, 7) is 1.05. The van der Waals surface area contributed by atoms with E-state index in [0.717, 1.165) is 18.7 Å². The van der Waals surface area contributed by atoms with Gasteiger partial charge in [0.1, 0.15) is 0 Å². The Hall–Kier alpha value is -1.03. The Kier molecular flexibility index (Phi) is 1.99. The first kappa shape index (κ1) is 7.61. The fourth-order valence-electron chi connectivity index (χ4n) is 1.60. The van der Waals surface area contributed by atoms with Crippen LogP contribution in [-0.2, 0) is 0 Å². The van der Waals surface area contributed by atoms with E-state index in [9.17, 15) is 0 Å². The third kappa shape index (κ3) is 1.30. The molecule has 1 aliphatic rings. The maximum Gasteiger partial charge on any atom is 0.176 e. The molecule has 1 fully saturated rings. The predicted molar refractivity (Wildman–Crippen MR) is 45.5 cm³/mol. The van der Waals surface area contributed by atoms with Crippen LogP contribution in [0.15, 0.2) is 10.7 Å². The highest BCUT2D eigenvalue weighted by Crippen LogP contribution is 2.26. The van der Waals surface area contributed by atoms with Crippen molar-refractivity contribution in [2.45, 2.75) is 25.3 Å². The lowest BCUT2D eigenvalue weighted by Gasteiger charge is -2.20. The average molecular weight is 167 g/mol. The Morgan fingerprint density at radius 3 is 3.08 bits per heavy atom. The molecule has 0 spiro atoms. The molecule has 1 atom stereocenters. The normalized spacial score (nSPS) is 24.2. The Morgan fingerprint density at radius 1 is 1.58 bits per heavy atom. The summed E-state index contributed by atoms with van der Waals surface area (Å²) in [5, 5.41) is 7.01. The van der Waals surface area contributed by atoms with Gasteiger partial charge in [0.15, 0.2) is 5.76 Å². The minimum Gasteiger partial charge on any atom is -0.394 e. The van der Waals surface area contributed by atoms with E-state index >= 15 is 0 Å². The molecule has 3 N–H and O–H groups in total. The van der Waals surface area contributed by atoms with Gasteiger partial charge >= 0.3 is 0 Å². The summed E-state index contributed by atoms with van der Waals surface area (Å²) < 4.78 is 5.07. The van der Waals surface area contributed by atoms with Crippen molar-refractivity contribution in [1.82, 2.24) is 10.5 Å². The van der Waals surface area contributed by atoms with Gasteiger partial charge in [-0.25, -0.2) is 0 Å². The minimum atomic E-state index is 0.279. The molecule has 0 bridgehead atoms. The lowest BCUT2D eigenvalue weighted by molar-refractivity contribution is 0.306. The van der Waals surface area contributed by atoms with Gasteiger partial charge in [0, 0.05) is 0 Å². The third-order valence-corrected chi connectivity index (χ3v) is 2.25. The molecule has 2 rings (SSSR count). The van der Waals surface area contributed by atoms with Gasteiger partial charge < -0.3 is 15.6 Å². The van der Waals surface area contributed by atoms with Crippen molar-refractivity contribution in [3.8, 4) is 0 Å². The van der Waals surface area contributed by atoms with Crippen molar-refractivity contribution in [1.29, 1.82) is 0 Å². The topological polar surface area (TPSA) is 64.1 Å². The van der Waals surface area contributed by atoms with Crippen LogP contribution in [0.25, 0.3) is 0 Å². The molecular weight excluding hydrogens is 154 g/mol. The molecule has 66 valence electrons. The molecule has 0 radical (unpaired) electrons. The molecule has 0 amide bonds. The number of hydrogen-bond acceptors (Lipinski definition) is 4. The fourth-order valence-corrected chi connectivity index (χ4v) is 1.60. The first-order valence-electron chi connectivity index (χ1n) is 4.31. The number of nitrogen functional groups attached to an aromatic ring is 1. The van der Waals surface area contributed by atoms with Crippen LogP contribution in [0.2, 0.25) is 0 Å². The second kappa shape index (κ2) is 3.15. The van der Waals surface area contributed by atoms with Crippen LogP contribution in [0, 0.1) is 0 Å². The molecular formula is C8H13N3O. The van der Waals surface area contributed by atoms with Crippen molar-refractivity contribution >= 4 is 5.69 Å². The van der Waals surface area contributed by atoms with Gasteiger partial charge in [-0.2, -0.15) is 0 Å². The van der Waals surface area contributed by atoms with Gasteiger partial charge in [0.05, 0.1) is 17.9 Å². The second-order valence-electron chi connectivity index (χ2n) is 3.15. The molecule has 1 aliphatic heterocycles. The summed E-state index contributed by atoms with van der Waals surface area (Å²) in [5.41, 5.74) is 6.34. The Labute approximate surface area is 71.1 Å². The van der Waals surface area contributed by atoms with Crippen LogP contribution in [0.4, 0.5) is 5.69 Å². The standard InChI is InChI=1S/C8H13N3O/c9-6-5-11-12-8(6)7-3-1-2-4-10-7/h5,7,10H,1-4,9H2. The lowest BCUT2D eigenvalue weighted by Crippen LogP contribution is -2.26. The number of anilines is 1. The maximum atomic E-state index is 5.68. The smallest absolute Gasteiger partial charge is 0.176 e. The zero-order valence-corrected chi connectivity index (χ0v) is 6.92. The molecule has 4 heteroatoms. The predicted octanol–water partition coefficient (Wildman–Crippen LogP) is 1.07. The molecule has 12 heavy (non-hydrogen) atoms. The Balaban J connectivity index is 2.13. The highest BCUT2D eigenvalue weighted by molar-refractivity contribution is 5.40. The lowest BCUT2D eigenvalue weighted by atomic mass is 10.0.